The van der Waals surface area contributed by atoms with Crippen molar-refractivity contribution in [3.8, 4) is 0 Å². The van der Waals surface area contributed by atoms with E-state index in [-0.39, 0.29) is 12.0 Å². The van der Waals surface area contributed by atoms with Gasteiger partial charge < -0.3 is 14.2 Å². The van der Waals surface area contributed by atoms with Crippen molar-refractivity contribution >= 4 is 21.8 Å². The second kappa shape index (κ2) is 6.33. The number of piperidine rings is 1. The highest BCUT2D eigenvalue weighted by Crippen LogP contribution is 2.16. The molecule has 1 aliphatic heterocycles. The van der Waals surface area contributed by atoms with E-state index < -0.39 is 0 Å². The van der Waals surface area contributed by atoms with Gasteiger partial charge in [0.2, 0.25) is 0 Å². The van der Waals surface area contributed by atoms with Crippen LogP contribution in [0, 0.1) is 0 Å². The van der Waals surface area contributed by atoms with Crippen LogP contribution in [0.3, 0.4) is 0 Å². The summed E-state index contributed by atoms with van der Waals surface area (Å²) in [6, 6.07) is 0. The van der Waals surface area contributed by atoms with Gasteiger partial charge in [0, 0.05) is 25.5 Å². The molecule has 18 heavy (non-hydrogen) atoms. The van der Waals surface area contributed by atoms with Gasteiger partial charge in [-0.2, -0.15) is 0 Å². The van der Waals surface area contributed by atoms with Crippen LogP contribution in [0.2, 0.25) is 0 Å². The lowest BCUT2D eigenvalue weighted by atomic mass is 10.1. The van der Waals surface area contributed by atoms with E-state index in [9.17, 15) is 4.79 Å². The Kier molecular flexibility index (Phi) is 4.77. The van der Waals surface area contributed by atoms with Gasteiger partial charge in [-0.05, 0) is 12.8 Å². The molecule has 0 spiro atoms. The number of hydrogen-bond acceptors (Lipinski definition) is 3. The molecular formula is C12H18BrN3O2. The van der Waals surface area contributed by atoms with Crippen molar-refractivity contribution in [1.82, 2.24) is 14.5 Å². The summed E-state index contributed by atoms with van der Waals surface area (Å²) in [5.41, 5.74) is 0.648. The van der Waals surface area contributed by atoms with E-state index in [1.807, 2.05) is 11.9 Å². The van der Waals surface area contributed by atoms with Gasteiger partial charge >= 0.3 is 0 Å². The molecule has 0 atom stereocenters. The lowest BCUT2D eigenvalue weighted by Gasteiger charge is -2.31. The van der Waals surface area contributed by atoms with E-state index in [1.165, 1.54) is 0 Å². The molecule has 1 aliphatic rings. The van der Waals surface area contributed by atoms with Crippen LogP contribution < -0.4 is 0 Å². The topological polar surface area (TPSA) is 47.4 Å². The maximum absolute atomic E-state index is 12.2. The Bertz CT molecular complexity index is 400. The first-order valence-electron chi connectivity index (χ1n) is 6.15. The molecule has 1 aromatic heterocycles. The molecule has 0 aliphatic carbocycles. The predicted octanol–water partition coefficient (Wildman–Crippen LogP) is 1.44. The van der Waals surface area contributed by atoms with Crippen molar-refractivity contribution in [3.63, 3.8) is 0 Å². The smallest absolute Gasteiger partial charge is 0.272 e. The number of nitrogens with zero attached hydrogens (tertiary/aromatic N) is 3. The number of aromatic nitrogens is 2. The predicted molar refractivity (Wildman–Crippen MR) is 71.9 cm³/mol. The van der Waals surface area contributed by atoms with Gasteiger partial charge in [-0.1, -0.05) is 15.9 Å². The number of carbonyl (C=O) groups excluding carboxylic acids is 1. The number of aryl methyl sites for hydroxylation is 1. The molecule has 1 aromatic rings. The van der Waals surface area contributed by atoms with Crippen molar-refractivity contribution in [2.75, 3.05) is 25.0 Å². The molecule has 6 heteroatoms. The number of amides is 1. The fourth-order valence-electron chi connectivity index (χ4n) is 2.16. The Morgan fingerprint density at radius 1 is 1.56 bits per heavy atom. The van der Waals surface area contributed by atoms with Gasteiger partial charge in [0.05, 0.1) is 25.2 Å². The molecule has 0 aromatic carbocycles. The molecule has 0 bridgehead atoms. The van der Waals surface area contributed by atoms with Crippen molar-refractivity contribution in [1.29, 1.82) is 0 Å². The number of hydrogen-bond donors (Lipinski definition) is 0. The fraction of sp³-hybridized carbons (Fsp3) is 0.667. The Labute approximate surface area is 115 Å². The molecule has 0 unspecified atom stereocenters. The maximum Gasteiger partial charge on any atom is 0.272 e. The highest BCUT2D eigenvalue weighted by atomic mass is 79.9. The van der Waals surface area contributed by atoms with E-state index in [0.29, 0.717) is 5.69 Å². The highest BCUT2D eigenvalue weighted by molar-refractivity contribution is 9.09. The molecule has 1 fully saturated rings. The largest absolute Gasteiger partial charge is 0.377 e. The van der Waals surface area contributed by atoms with Gasteiger partial charge in [0.25, 0.3) is 5.91 Å². The SMILES string of the molecule is Cn1cncc1C(=O)N1CCC(OCCBr)CC1. The van der Waals surface area contributed by atoms with E-state index >= 15 is 0 Å². The molecule has 0 radical (unpaired) electrons. The number of carbonyl (C=O) groups is 1. The minimum Gasteiger partial charge on any atom is -0.377 e. The fourth-order valence-corrected chi connectivity index (χ4v) is 2.35. The van der Waals surface area contributed by atoms with Gasteiger partial charge in [-0.25, -0.2) is 4.98 Å². The Morgan fingerprint density at radius 3 is 2.83 bits per heavy atom. The average Bonchev–Trinajstić information content (AvgIpc) is 2.82. The van der Waals surface area contributed by atoms with Gasteiger partial charge in [-0.3, -0.25) is 4.79 Å². The highest BCUT2D eigenvalue weighted by Gasteiger charge is 2.25. The number of alkyl halides is 1. The Balaban J connectivity index is 1.86. The van der Waals surface area contributed by atoms with Crippen molar-refractivity contribution in [2.24, 2.45) is 7.05 Å². The van der Waals surface area contributed by atoms with Crippen LogP contribution in [-0.4, -0.2) is 51.5 Å². The number of imidazole rings is 1. The second-order valence-electron chi connectivity index (χ2n) is 4.44. The summed E-state index contributed by atoms with van der Waals surface area (Å²) in [5.74, 6) is 0.0638. The van der Waals surface area contributed by atoms with E-state index in [0.717, 1.165) is 37.9 Å². The van der Waals surface area contributed by atoms with Crippen LogP contribution in [-0.2, 0) is 11.8 Å². The van der Waals surface area contributed by atoms with Gasteiger partial charge in [-0.15, -0.1) is 0 Å². The zero-order chi connectivity index (χ0) is 13.0. The molecular weight excluding hydrogens is 298 g/mol. The summed E-state index contributed by atoms with van der Waals surface area (Å²) in [6.07, 6.45) is 5.39. The third-order valence-electron chi connectivity index (χ3n) is 3.20. The summed E-state index contributed by atoms with van der Waals surface area (Å²) in [7, 11) is 1.84. The van der Waals surface area contributed by atoms with E-state index in [2.05, 4.69) is 20.9 Å². The van der Waals surface area contributed by atoms with Gasteiger partial charge in [0.1, 0.15) is 5.69 Å². The van der Waals surface area contributed by atoms with Gasteiger partial charge in [0.15, 0.2) is 0 Å². The first-order valence-corrected chi connectivity index (χ1v) is 7.27. The third-order valence-corrected chi connectivity index (χ3v) is 3.52. The van der Waals surface area contributed by atoms with Crippen molar-refractivity contribution < 1.29 is 9.53 Å². The summed E-state index contributed by atoms with van der Waals surface area (Å²) in [5, 5.41) is 0.862. The molecule has 100 valence electrons. The lowest BCUT2D eigenvalue weighted by molar-refractivity contribution is 0.0157. The summed E-state index contributed by atoms with van der Waals surface area (Å²) >= 11 is 3.35. The van der Waals surface area contributed by atoms with E-state index in [1.54, 1.807) is 17.1 Å². The summed E-state index contributed by atoms with van der Waals surface area (Å²) in [6.45, 7) is 2.26. The molecule has 2 rings (SSSR count). The monoisotopic (exact) mass is 315 g/mol. The lowest BCUT2D eigenvalue weighted by Crippen LogP contribution is -2.41. The Hall–Kier alpha value is -0.880. The molecule has 1 amide bonds. The van der Waals surface area contributed by atoms with Crippen molar-refractivity contribution in [3.05, 3.63) is 18.2 Å². The maximum atomic E-state index is 12.2. The van der Waals surface area contributed by atoms with Crippen LogP contribution in [0.1, 0.15) is 23.3 Å². The number of likely N-dealkylation sites (tertiary alicyclic amines) is 1. The zero-order valence-corrected chi connectivity index (χ0v) is 12.1. The molecule has 0 N–H and O–H groups in total. The van der Waals surface area contributed by atoms with Crippen LogP contribution in [0.15, 0.2) is 12.5 Å². The molecule has 1 saturated heterocycles. The summed E-state index contributed by atoms with van der Waals surface area (Å²) < 4.78 is 7.43. The minimum atomic E-state index is 0.0638. The minimum absolute atomic E-state index is 0.0638. The van der Waals surface area contributed by atoms with Crippen LogP contribution >= 0.6 is 15.9 Å². The normalized spacial score (nSPS) is 17.1. The van der Waals surface area contributed by atoms with Crippen LogP contribution in [0.5, 0.6) is 0 Å². The standard InChI is InChI=1S/C12H18BrN3O2/c1-15-9-14-8-11(15)12(17)16-5-2-10(3-6-16)18-7-4-13/h8-10H,2-7H2,1H3. The molecule has 0 saturated carbocycles. The van der Waals surface area contributed by atoms with Crippen LogP contribution in [0.4, 0.5) is 0 Å². The van der Waals surface area contributed by atoms with Crippen LogP contribution in [0.25, 0.3) is 0 Å². The first kappa shape index (κ1) is 13.5. The first-order chi connectivity index (χ1) is 8.72. The zero-order valence-electron chi connectivity index (χ0n) is 10.5. The Morgan fingerprint density at radius 2 is 2.28 bits per heavy atom. The number of halogens is 1. The second-order valence-corrected chi connectivity index (χ2v) is 5.23. The molecule has 5 nitrogen and oxygen atoms in total. The average molecular weight is 316 g/mol. The quantitative estimate of drug-likeness (QED) is 0.790. The summed E-state index contributed by atoms with van der Waals surface area (Å²) in [4.78, 5) is 18.1. The number of rotatable bonds is 4. The van der Waals surface area contributed by atoms with Crippen molar-refractivity contribution in [2.45, 2.75) is 18.9 Å². The number of ether oxygens (including phenoxy) is 1. The van der Waals surface area contributed by atoms with E-state index in [4.69, 9.17) is 4.74 Å². The third kappa shape index (κ3) is 3.11. The molecule has 2 heterocycles.